The molecule has 1 aliphatic carbocycles. The van der Waals surface area contributed by atoms with E-state index in [0.29, 0.717) is 23.8 Å². The monoisotopic (exact) mass is 293 g/mol. The van der Waals surface area contributed by atoms with Crippen molar-refractivity contribution in [1.29, 1.82) is 0 Å². The van der Waals surface area contributed by atoms with Gasteiger partial charge in [-0.05, 0) is 32.1 Å². The van der Waals surface area contributed by atoms with E-state index in [1.807, 2.05) is 5.51 Å². The smallest absolute Gasteiger partial charge is 0.225 e. The van der Waals surface area contributed by atoms with Gasteiger partial charge in [0, 0.05) is 36.5 Å². The Morgan fingerprint density at radius 3 is 2.90 bits per heavy atom. The van der Waals surface area contributed by atoms with Gasteiger partial charge in [0.25, 0.3) is 0 Å². The third kappa shape index (κ3) is 3.04. The molecule has 0 aromatic carbocycles. The summed E-state index contributed by atoms with van der Waals surface area (Å²) in [5.74, 6) is 1.28. The van der Waals surface area contributed by atoms with Crippen LogP contribution in [0.15, 0.2) is 5.51 Å². The van der Waals surface area contributed by atoms with E-state index in [1.54, 1.807) is 11.3 Å². The lowest BCUT2D eigenvalue weighted by Gasteiger charge is -2.37. The number of rotatable bonds is 4. The van der Waals surface area contributed by atoms with Crippen molar-refractivity contribution < 1.29 is 4.79 Å². The molecule has 1 aliphatic heterocycles. The summed E-state index contributed by atoms with van der Waals surface area (Å²) in [4.78, 5) is 19.8. The van der Waals surface area contributed by atoms with Crippen molar-refractivity contribution in [3.05, 3.63) is 16.1 Å². The van der Waals surface area contributed by atoms with Crippen molar-refractivity contribution in [1.82, 2.24) is 15.2 Å². The third-order valence-electron chi connectivity index (χ3n) is 4.51. The number of hydrogen-bond donors (Lipinski definition) is 1. The maximum Gasteiger partial charge on any atom is 0.225 e. The zero-order chi connectivity index (χ0) is 14.1. The molecule has 3 rings (SSSR count). The molecule has 0 spiro atoms. The van der Waals surface area contributed by atoms with Crippen molar-refractivity contribution >= 4 is 17.2 Å². The molecule has 2 fully saturated rings. The average Bonchev–Trinajstić information content (AvgIpc) is 3.20. The van der Waals surface area contributed by atoms with E-state index < -0.39 is 0 Å². The third-order valence-corrected chi connectivity index (χ3v) is 5.45. The number of thiazole rings is 1. The zero-order valence-electron chi connectivity index (χ0n) is 12.3. The highest BCUT2D eigenvalue weighted by molar-refractivity contribution is 7.09. The SMILES string of the molecule is Cc1ncsc1CN[C@@H]1CCN(C(=O)C2CC2)C[C@@H]1C. The lowest BCUT2D eigenvalue weighted by Crippen LogP contribution is -2.50. The predicted molar refractivity (Wildman–Crippen MR) is 80.6 cm³/mol. The Hall–Kier alpha value is -0.940. The fraction of sp³-hybridized carbons (Fsp3) is 0.733. The van der Waals surface area contributed by atoms with Crippen LogP contribution in [0, 0.1) is 18.8 Å². The molecular formula is C15H23N3OS. The largest absolute Gasteiger partial charge is 0.342 e. The van der Waals surface area contributed by atoms with E-state index >= 15 is 0 Å². The Kier molecular flexibility index (Phi) is 4.08. The average molecular weight is 293 g/mol. The molecule has 1 saturated carbocycles. The van der Waals surface area contributed by atoms with Crippen LogP contribution in [-0.2, 0) is 11.3 Å². The van der Waals surface area contributed by atoms with Crippen molar-refractivity contribution in [3.8, 4) is 0 Å². The quantitative estimate of drug-likeness (QED) is 0.925. The first-order valence-corrected chi connectivity index (χ1v) is 8.44. The van der Waals surface area contributed by atoms with Crippen LogP contribution < -0.4 is 5.32 Å². The summed E-state index contributed by atoms with van der Waals surface area (Å²) in [7, 11) is 0. The topological polar surface area (TPSA) is 45.2 Å². The first-order valence-electron chi connectivity index (χ1n) is 7.56. The van der Waals surface area contributed by atoms with Gasteiger partial charge >= 0.3 is 0 Å². The molecule has 2 atom stereocenters. The molecule has 0 radical (unpaired) electrons. The summed E-state index contributed by atoms with van der Waals surface area (Å²) >= 11 is 1.72. The number of piperidine rings is 1. The molecule has 0 unspecified atom stereocenters. The van der Waals surface area contributed by atoms with Gasteiger partial charge in [0.15, 0.2) is 0 Å². The van der Waals surface area contributed by atoms with Crippen molar-refractivity contribution in [3.63, 3.8) is 0 Å². The van der Waals surface area contributed by atoms with Gasteiger partial charge in [-0.1, -0.05) is 6.92 Å². The van der Waals surface area contributed by atoms with E-state index in [0.717, 1.165) is 44.6 Å². The molecule has 2 aliphatic rings. The molecular weight excluding hydrogens is 270 g/mol. The highest BCUT2D eigenvalue weighted by Gasteiger charge is 2.36. The second kappa shape index (κ2) is 5.82. The number of carbonyl (C=O) groups excluding carboxylic acids is 1. The minimum Gasteiger partial charge on any atom is -0.342 e. The number of amides is 1. The Labute approximate surface area is 124 Å². The number of aryl methyl sites for hydroxylation is 1. The number of aromatic nitrogens is 1. The molecule has 110 valence electrons. The first kappa shape index (κ1) is 14.0. The zero-order valence-corrected chi connectivity index (χ0v) is 13.1. The van der Waals surface area contributed by atoms with Crippen LogP contribution in [0.5, 0.6) is 0 Å². The summed E-state index contributed by atoms with van der Waals surface area (Å²) in [6.07, 6.45) is 3.28. The molecule has 2 heterocycles. The van der Waals surface area contributed by atoms with Gasteiger partial charge in [-0.25, -0.2) is 4.98 Å². The van der Waals surface area contributed by atoms with Crippen LogP contribution in [0.3, 0.4) is 0 Å². The second-order valence-electron chi connectivity index (χ2n) is 6.17. The fourth-order valence-electron chi connectivity index (χ4n) is 2.96. The van der Waals surface area contributed by atoms with E-state index in [9.17, 15) is 4.79 Å². The number of nitrogens with one attached hydrogen (secondary N) is 1. The van der Waals surface area contributed by atoms with Crippen LogP contribution in [0.4, 0.5) is 0 Å². The standard InChI is InChI=1S/C15H23N3OS/c1-10-8-18(15(19)12-3-4-12)6-5-13(10)16-7-14-11(2)17-9-20-14/h9-10,12-13,16H,3-8H2,1-2H3/t10-,13+/m0/s1. The highest BCUT2D eigenvalue weighted by Crippen LogP contribution is 2.32. The van der Waals surface area contributed by atoms with Gasteiger partial charge in [-0.2, -0.15) is 0 Å². The molecule has 0 bridgehead atoms. The van der Waals surface area contributed by atoms with Crippen LogP contribution in [0.2, 0.25) is 0 Å². The normalized spacial score (nSPS) is 26.8. The number of hydrogen-bond acceptors (Lipinski definition) is 4. The van der Waals surface area contributed by atoms with Gasteiger partial charge in [0.1, 0.15) is 0 Å². The van der Waals surface area contributed by atoms with Crippen LogP contribution in [-0.4, -0.2) is 34.9 Å². The Balaban J connectivity index is 1.50. The van der Waals surface area contributed by atoms with E-state index in [1.165, 1.54) is 4.88 Å². The van der Waals surface area contributed by atoms with Crippen molar-refractivity contribution in [2.45, 2.75) is 45.7 Å². The highest BCUT2D eigenvalue weighted by atomic mass is 32.1. The molecule has 1 amide bonds. The summed E-state index contributed by atoms with van der Waals surface area (Å²) in [5.41, 5.74) is 3.05. The lowest BCUT2D eigenvalue weighted by molar-refractivity contribution is -0.134. The first-order chi connectivity index (χ1) is 9.65. The molecule has 1 saturated heterocycles. The summed E-state index contributed by atoms with van der Waals surface area (Å²) in [6.45, 7) is 7.05. The van der Waals surface area contributed by atoms with Crippen LogP contribution >= 0.6 is 11.3 Å². The maximum absolute atomic E-state index is 12.1. The van der Waals surface area contributed by atoms with Gasteiger partial charge in [-0.15, -0.1) is 11.3 Å². The van der Waals surface area contributed by atoms with Crippen LogP contribution in [0.25, 0.3) is 0 Å². The minimum atomic E-state index is 0.353. The Bertz CT molecular complexity index is 483. The number of carbonyl (C=O) groups is 1. The van der Waals surface area contributed by atoms with Gasteiger partial charge in [0.05, 0.1) is 11.2 Å². The van der Waals surface area contributed by atoms with Crippen molar-refractivity contribution in [2.24, 2.45) is 11.8 Å². The summed E-state index contributed by atoms with van der Waals surface area (Å²) in [6, 6.07) is 0.514. The van der Waals surface area contributed by atoms with Gasteiger partial charge < -0.3 is 10.2 Å². The summed E-state index contributed by atoms with van der Waals surface area (Å²) in [5, 5.41) is 3.65. The van der Waals surface area contributed by atoms with Gasteiger partial charge in [0.2, 0.25) is 5.91 Å². The second-order valence-corrected chi connectivity index (χ2v) is 7.11. The molecule has 4 nitrogen and oxygen atoms in total. The minimum absolute atomic E-state index is 0.353. The molecule has 20 heavy (non-hydrogen) atoms. The number of likely N-dealkylation sites (tertiary alicyclic amines) is 1. The maximum atomic E-state index is 12.1. The van der Waals surface area contributed by atoms with E-state index in [-0.39, 0.29) is 0 Å². The van der Waals surface area contributed by atoms with Crippen LogP contribution in [0.1, 0.15) is 36.8 Å². The molecule has 1 N–H and O–H groups in total. The molecule has 1 aromatic heterocycles. The fourth-order valence-corrected chi connectivity index (χ4v) is 3.69. The van der Waals surface area contributed by atoms with E-state index in [2.05, 4.69) is 29.0 Å². The van der Waals surface area contributed by atoms with Gasteiger partial charge in [-0.3, -0.25) is 4.79 Å². The number of nitrogens with zero attached hydrogens (tertiary/aromatic N) is 2. The molecule has 1 aromatic rings. The lowest BCUT2D eigenvalue weighted by atomic mass is 9.93. The Morgan fingerprint density at radius 2 is 2.30 bits per heavy atom. The Morgan fingerprint density at radius 1 is 1.50 bits per heavy atom. The predicted octanol–water partition coefficient (Wildman–Crippen LogP) is 2.19. The van der Waals surface area contributed by atoms with Crippen molar-refractivity contribution in [2.75, 3.05) is 13.1 Å². The molecule has 5 heteroatoms. The van der Waals surface area contributed by atoms with E-state index in [4.69, 9.17) is 0 Å². The summed E-state index contributed by atoms with van der Waals surface area (Å²) < 4.78 is 0.